The van der Waals surface area contributed by atoms with Gasteiger partial charge in [-0.05, 0) is 54.9 Å². The van der Waals surface area contributed by atoms with Crippen LogP contribution in [0.15, 0.2) is 0 Å². The Balaban J connectivity index is 2.97. The molecule has 1 heterocycles. The fourth-order valence-electron chi connectivity index (χ4n) is 2.43. The van der Waals surface area contributed by atoms with E-state index in [0.29, 0.717) is 6.42 Å². The van der Waals surface area contributed by atoms with Crippen LogP contribution in [0.5, 0.6) is 0 Å². The lowest BCUT2D eigenvalue weighted by molar-refractivity contribution is -0.112. The Kier molecular flexibility index (Phi) is 5.08. The summed E-state index contributed by atoms with van der Waals surface area (Å²) in [6.45, 7) is 13.6. The summed E-state index contributed by atoms with van der Waals surface area (Å²) in [6, 6.07) is -0.284. The van der Waals surface area contributed by atoms with Crippen LogP contribution in [0.1, 0.15) is 54.9 Å². The molecule has 1 fully saturated rings. The van der Waals surface area contributed by atoms with Gasteiger partial charge in [0.15, 0.2) is 0 Å². The number of nitrogens with zero attached hydrogens (tertiary/aromatic N) is 1. The lowest BCUT2D eigenvalue weighted by Crippen LogP contribution is -2.60. The third-order valence-electron chi connectivity index (χ3n) is 3.21. The molecule has 1 rings (SSSR count). The normalized spacial score (nSPS) is 28.1. The highest BCUT2D eigenvalue weighted by Crippen LogP contribution is 2.28. The Morgan fingerprint density at radius 3 is 2.25 bits per heavy atom. The average Bonchev–Trinajstić information content (AvgIpc) is 2.18. The molecule has 1 N–H and O–H groups in total. The van der Waals surface area contributed by atoms with E-state index in [9.17, 15) is 9.90 Å². The molecule has 0 aromatic rings. The van der Waals surface area contributed by atoms with Gasteiger partial charge in [-0.25, -0.2) is 4.79 Å². The van der Waals surface area contributed by atoms with Crippen LogP contribution in [0.3, 0.4) is 0 Å². The van der Waals surface area contributed by atoms with Gasteiger partial charge in [0.1, 0.15) is 5.60 Å². The Morgan fingerprint density at radius 2 is 1.80 bits per heavy atom. The van der Waals surface area contributed by atoms with Crippen molar-refractivity contribution in [2.24, 2.45) is 0 Å². The van der Waals surface area contributed by atoms with Gasteiger partial charge in [0, 0.05) is 5.54 Å². The number of ether oxygens (including phenoxy) is 2. The van der Waals surface area contributed by atoms with Crippen LogP contribution < -0.4 is 0 Å². The van der Waals surface area contributed by atoms with E-state index in [1.165, 1.54) is 0 Å². The lowest BCUT2D eigenvalue weighted by Gasteiger charge is -2.46. The van der Waals surface area contributed by atoms with Gasteiger partial charge in [0.2, 0.25) is 0 Å². The van der Waals surface area contributed by atoms with Crippen molar-refractivity contribution in [3.63, 3.8) is 0 Å². The Hall–Kier alpha value is -0.810. The summed E-state index contributed by atoms with van der Waals surface area (Å²) < 4.78 is 10.9. The average molecular weight is 287 g/mol. The highest BCUT2D eigenvalue weighted by atomic mass is 16.6. The van der Waals surface area contributed by atoms with Crippen LogP contribution in [0.2, 0.25) is 0 Å². The molecule has 5 nitrogen and oxygen atoms in total. The van der Waals surface area contributed by atoms with Gasteiger partial charge in [-0.1, -0.05) is 0 Å². The molecule has 0 spiro atoms. The molecule has 0 aliphatic carbocycles. The van der Waals surface area contributed by atoms with Crippen LogP contribution in [0.25, 0.3) is 0 Å². The van der Waals surface area contributed by atoms with Gasteiger partial charge in [-0.2, -0.15) is 0 Å². The summed E-state index contributed by atoms with van der Waals surface area (Å²) in [5.41, 5.74) is -0.979. The van der Waals surface area contributed by atoms with Crippen LogP contribution in [0, 0.1) is 0 Å². The Bertz CT molecular complexity index is 343. The third-order valence-corrected chi connectivity index (χ3v) is 3.21. The van der Waals surface area contributed by atoms with E-state index >= 15 is 0 Å². The van der Waals surface area contributed by atoms with Crippen molar-refractivity contribution in [1.82, 2.24) is 4.90 Å². The highest BCUT2D eigenvalue weighted by molar-refractivity contribution is 5.69. The topological polar surface area (TPSA) is 59.0 Å². The molecule has 0 aromatic heterocycles. The number of hydrogen-bond acceptors (Lipinski definition) is 4. The van der Waals surface area contributed by atoms with Crippen LogP contribution in [0.4, 0.5) is 4.79 Å². The monoisotopic (exact) mass is 287 g/mol. The number of rotatable bonds is 1. The van der Waals surface area contributed by atoms with Crippen molar-refractivity contribution in [3.8, 4) is 0 Å². The first-order chi connectivity index (χ1) is 8.92. The number of carbonyl (C=O) groups excluding carboxylic acids is 1. The van der Waals surface area contributed by atoms with Gasteiger partial charge >= 0.3 is 6.09 Å². The molecular formula is C15H29NO4. The van der Waals surface area contributed by atoms with Crippen molar-refractivity contribution in [1.29, 1.82) is 0 Å². The maximum absolute atomic E-state index is 12.5. The Labute approximate surface area is 122 Å². The first kappa shape index (κ1) is 17.2. The molecule has 0 unspecified atom stereocenters. The number of amides is 1. The highest BCUT2D eigenvalue weighted by Gasteiger charge is 2.42. The van der Waals surface area contributed by atoms with Crippen LogP contribution >= 0.6 is 0 Å². The molecule has 0 radical (unpaired) electrons. The number of carbonyl (C=O) groups is 1. The smallest absolute Gasteiger partial charge is 0.411 e. The second kappa shape index (κ2) is 5.90. The fraction of sp³-hybridized carbons (Fsp3) is 0.933. The molecule has 1 amide bonds. The van der Waals surface area contributed by atoms with Crippen molar-refractivity contribution in [2.75, 3.05) is 6.61 Å². The largest absolute Gasteiger partial charge is 0.444 e. The molecular weight excluding hydrogens is 258 g/mol. The van der Waals surface area contributed by atoms with E-state index in [-0.39, 0.29) is 24.8 Å². The lowest BCUT2D eigenvalue weighted by atomic mass is 9.94. The van der Waals surface area contributed by atoms with Crippen molar-refractivity contribution < 1.29 is 19.4 Å². The molecule has 1 aliphatic heterocycles. The zero-order valence-corrected chi connectivity index (χ0v) is 13.8. The standard InChI is InChI=1S/C15H29NO4/c1-10-8-11(12(17)9-19-10)16(14(2,3)4)13(18)20-15(5,6)7/h10-12,17H,8-9H2,1-7H3/t10-,11-,12-/m0/s1. The van der Waals surface area contributed by atoms with Crippen molar-refractivity contribution in [3.05, 3.63) is 0 Å². The molecule has 0 saturated carbocycles. The first-order valence-corrected chi connectivity index (χ1v) is 7.24. The number of aliphatic hydroxyl groups excluding tert-OH is 1. The Morgan fingerprint density at radius 1 is 1.25 bits per heavy atom. The quantitative estimate of drug-likeness (QED) is 0.805. The molecule has 1 saturated heterocycles. The van der Waals surface area contributed by atoms with Gasteiger partial charge in [0.25, 0.3) is 0 Å². The minimum absolute atomic E-state index is 0.0238. The van der Waals surface area contributed by atoms with E-state index < -0.39 is 17.2 Å². The number of aliphatic hydroxyl groups is 1. The zero-order chi connectivity index (χ0) is 15.7. The number of hydrogen-bond donors (Lipinski definition) is 1. The van der Waals surface area contributed by atoms with Gasteiger partial charge < -0.3 is 14.6 Å². The second-order valence-electron chi connectivity index (χ2n) is 7.54. The summed E-state index contributed by atoms with van der Waals surface area (Å²) in [7, 11) is 0. The summed E-state index contributed by atoms with van der Waals surface area (Å²) in [5, 5.41) is 10.2. The SMILES string of the molecule is C[C@H]1C[C@H](N(C(=O)OC(C)(C)C)C(C)(C)C)[C@@H](O)CO1. The molecule has 20 heavy (non-hydrogen) atoms. The predicted octanol–water partition coefficient (Wildman–Crippen LogP) is 2.56. The van der Waals surface area contributed by atoms with E-state index in [1.54, 1.807) is 4.90 Å². The van der Waals surface area contributed by atoms with Gasteiger partial charge in [-0.15, -0.1) is 0 Å². The van der Waals surface area contributed by atoms with Crippen molar-refractivity contribution in [2.45, 2.75) is 84.3 Å². The second-order valence-corrected chi connectivity index (χ2v) is 7.54. The van der Waals surface area contributed by atoms with Crippen LogP contribution in [-0.4, -0.2) is 52.1 Å². The van der Waals surface area contributed by atoms with Crippen molar-refractivity contribution >= 4 is 6.09 Å². The summed E-state index contributed by atoms with van der Waals surface area (Å²) in [6.07, 6.45) is -0.436. The fourth-order valence-corrected chi connectivity index (χ4v) is 2.43. The maximum Gasteiger partial charge on any atom is 0.411 e. The van der Waals surface area contributed by atoms with E-state index in [0.717, 1.165) is 0 Å². The molecule has 118 valence electrons. The first-order valence-electron chi connectivity index (χ1n) is 7.24. The molecule has 1 aliphatic rings. The third kappa shape index (κ3) is 4.63. The van der Waals surface area contributed by atoms with E-state index in [4.69, 9.17) is 9.47 Å². The maximum atomic E-state index is 12.5. The van der Waals surface area contributed by atoms with Gasteiger partial charge in [0.05, 0.1) is 24.9 Å². The molecule has 0 aromatic carbocycles. The zero-order valence-electron chi connectivity index (χ0n) is 13.8. The molecule has 0 bridgehead atoms. The van der Waals surface area contributed by atoms with Gasteiger partial charge in [-0.3, -0.25) is 4.90 Å². The summed E-state index contributed by atoms with van der Waals surface area (Å²) in [4.78, 5) is 14.2. The van der Waals surface area contributed by atoms with E-state index in [2.05, 4.69) is 0 Å². The summed E-state index contributed by atoms with van der Waals surface area (Å²) in [5.74, 6) is 0. The minimum atomic E-state index is -0.682. The molecule has 3 atom stereocenters. The van der Waals surface area contributed by atoms with E-state index in [1.807, 2.05) is 48.5 Å². The predicted molar refractivity (Wildman–Crippen MR) is 77.7 cm³/mol. The minimum Gasteiger partial charge on any atom is -0.444 e. The summed E-state index contributed by atoms with van der Waals surface area (Å²) >= 11 is 0. The molecule has 5 heteroatoms. The van der Waals surface area contributed by atoms with Crippen LogP contribution in [-0.2, 0) is 9.47 Å².